The maximum atomic E-state index is 11.4. The molecule has 0 aromatic carbocycles. The van der Waals surface area contributed by atoms with Crippen molar-refractivity contribution >= 4 is 6.09 Å². The maximum Gasteiger partial charge on any atom is 0.432 e. The molecule has 0 saturated heterocycles. The van der Waals surface area contributed by atoms with E-state index in [0.717, 1.165) is 36.4 Å². The summed E-state index contributed by atoms with van der Waals surface area (Å²) in [7, 11) is 1.45. The molecular weight excluding hydrogens is 238 g/mol. The minimum Gasteiger partial charge on any atom is -0.491 e. The van der Waals surface area contributed by atoms with Gasteiger partial charge in [-0.2, -0.15) is 0 Å². The molecule has 0 spiro atoms. The van der Waals surface area contributed by atoms with Crippen LogP contribution in [0.1, 0.15) is 32.6 Å². The minimum atomic E-state index is -0.755. The van der Waals surface area contributed by atoms with E-state index in [9.17, 15) is 14.7 Å². The molecule has 0 atom stereocenters. The van der Waals surface area contributed by atoms with Crippen molar-refractivity contribution in [2.24, 2.45) is 7.05 Å². The average Bonchev–Trinajstić information content (AvgIpc) is 2.56. The fourth-order valence-electron chi connectivity index (χ4n) is 1.47. The zero-order chi connectivity index (χ0) is 13.5. The summed E-state index contributed by atoms with van der Waals surface area (Å²) in [5.74, 6) is -0.413. The highest BCUT2D eigenvalue weighted by Gasteiger charge is 2.12. The second-order valence-electron chi connectivity index (χ2n) is 4.04. The van der Waals surface area contributed by atoms with E-state index >= 15 is 0 Å². The maximum absolute atomic E-state index is 11.4. The van der Waals surface area contributed by atoms with Crippen molar-refractivity contribution in [2.45, 2.75) is 32.6 Å². The van der Waals surface area contributed by atoms with E-state index in [1.165, 1.54) is 7.05 Å². The summed E-state index contributed by atoms with van der Waals surface area (Å²) < 4.78 is 1.66. The van der Waals surface area contributed by atoms with Gasteiger partial charge in [0.2, 0.25) is 5.88 Å². The van der Waals surface area contributed by atoms with E-state index in [2.05, 4.69) is 17.1 Å². The Morgan fingerprint density at radius 1 is 1.44 bits per heavy atom. The quantitative estimate of drug-likeness (QED) is 0.731. The van der Waals surface area contributed by atoms with Gasteiger partial charge in [0.1, 0.15) is 0 Å². The Bertz CT molecular complexity index is 450. The third kappa shape index (κ3) is 3.83. The zero-order valence-corrected chi connectivity index (χ0v) is 10.7. The third-order valence-electron chi connectivity index (χ3n) is 2.47. The first kappa shape index (κ1) is 14.1. The van der Waals surface area contributed by atoms with Gasteiger partial charge in [0.05, 0.1) is 6.20 Å². The van der Waals surface area contributed by atoms with Gasteiger partial charge < -0.3 is 15.3 Å². The topological polar surface area (TPSA) is 85.5 Å². The number of hydrogen-bond donors (Lipinski definition) is 2. The van der Waals surface area contributed by atoms with Crippen LogP contribution in [0.2, 0.25) is 0 Å². The number of unbranched alkanes of at least 4 members (excludes halogenated alkanes) is 3. The highest BCUT2D eigenvalue weighted by molar-refractivity contribution is 5.67. The SMILES string of the molecule is CCCCCCNC(=O)On1c(O)cn(C)c1=O. The van der Waals surface area contributed by atoms with Crippen LogP contribution in [0, 0.1) is 0 Å². The van der Waals surface area contributed by atoms with Crippen LogP contribution in [0.4, 0.5) is 4.79 Å². The first-order valence-corrected chi connectivity index (χ1v) is 5.99. The number of imidazole rings is 1. The van der Waals surface area contributed by atoms with Crippen molar-refractivity contribution in [1.82, 2.24) is 14.6 Å². The van der Waals surface area contributed by atoms with Crippen LogP contribution in [0.15, 0.2) is 11.0 Å². The van der Waals surface area contributed by atoms with Gasteiger partial charge in [-0.1, -0.05) is 30.9 Å². The Labute approximate surface area is 105 Å². The van der Waals surface area contributed by atoms with Crippen LogP contribution in [-0.2, 0) is 7.05 Å². The van der Waals surface area contributed by atoms with Crippen LogP contribution >= 0.6 is 0 Å². The van der Waals surface area contributed by atoms with E-state index < -0.39 is 17.7 Å². The zero-order valence-electron chi connectivity index (χ0n) is 10.7. The van der Waals surface area contributed by atoms with Crippen LogP contribution < -0.4 is 15.8 Å². The molecule has 0 unspecified atom stereocenters. The molecule has 7 heteroatoms. The summed E-state index contributed by atoms with van der Waals surface area (Å²) in [6.07, 6.45) is 4.55. The molecule has 1 aromatic heterocycles. The van der Waals surface area contributed by atoms with Gasteiger partial charge in [0.25, 0.3) is 0 Å². The van der Waals surface area contributed by atoms with Crippen molar-refractivity contribution in [1.29, 1.82) is 0 Å². The van der Waals surface area contributed by atoms with Crippen LogP contribution in [-0.4, -0.2) is 27.0 Å². The van der Waals surface area contributed by atoms with Crippen molar-refractivity contribution in [3.05, 3.63) is 16.7 Å². The first-order valence-electron chi connectivity index (χ1n) is 5.99. The molecule has 2 N–H and O–H groups in total. The highest BCUT2D eigenvalue weighted by Crippen LogP contribution is 2.01. The number of nitrogens with zero attached hydrogens (tertiary/aromatic N) is 2. The van der Waals surface area contributed by atoms with Gasteiger partial charge >= 0.3 is 11.8 Å². The molecular formula is C11H19N3O4. The lowest BCUT2D eigenvalue weighted by molar-refractivity contribution is 0.115. The number of aromatic hydroxyl groups is 1. The lowest BCUT2D eigenvalue weighted by Crippen LogP contribution is -2.37. The van der Waals surface area contributed by atoms with Crippen molar-refractivity contribution in [3.8, 4) is 5.88 Å². The summed E-state index contributed by atoms with van der Waals surface area (Å²) in [5.41, 5.74) is -0.617. The van der Waals surface area contributed by atoms with Crippen LogP contribution in [0.5, 0.6) is 5.88 Å². The molecule has 1 heterocycles. The number of hydrogen-bond acceptors (Lipinski definition) is 4. The highest BCUT2D eigenvalue weighted by atomic mass is 16.7. The van der Waals surface area contributed by atoms with Crippen molar-refractivity contribution in [2.75, 3.05) is 6.54 Å². The Morgan fingerprint density at radius 2 is 2.17 bits per heavy atom. The molecule has 1 amide bonds. The van der Waals surface area contributed by atoms with Gasteiger partial charge in [0, 0.05) is 13.6 Å². The third-order valence-corrected chi connectivity index (χ3v) is 2.47. The molecule has 0 fully saturated rings. The van der Waals surface area contributed by atoms with Crippen LogP contribution in [0.3, 0.4) is 0 Å². The molecule has 102 valence electrons. The Kier molecular flexibility index (Phi) is 5.29. The normalized spacial score (nSPS) is 10.3. The number of aromatic nitrogens is 2. The molecule has 0 bridgehead atoms. The second kappa shape index (κ2) is 6.73. The summed E-state index contributed by atoms with van der Waals surface area (Å²) in [6.45, 7) is 2.59. The fraction of sp³-hybridized carbons (Fsp3) is 0.636. The van der Waals surface area contributed by atoms with E-state index in [0.29, 0.717) is 11.3 Å². The molecule has 0 radical (unpaired) electrons. The largest absolute Gasteiger partial charge is 0.491 e. The molecule has 0 aliphatic rings. The molecule has 0 aliphatic heterocycles. The average molecular weight is 257 g/mol. The van der Waals surface area contributed by atoms with Gasteiger partial charge in [-0.3, -0.25) is 4.57 Å². The van der Waals surface area contributed by atoms with E-state index in [-0.39, 0.29) is 0 Å². The molecule has 18 heavy (non-hydrogen) atoms. The molecule has 0 saturated carbocycles. The Hall–Kier alpha value is -1.92. The van der Waals surface area contributed by atoms with Gasteiger partial charge in [-0.05, 0) is 6.42 Å². The number of aryl methyl sites for hydroxylation is 1. The summed E-state index contributed by atoms with van der Waals surface area (Å²) in [6, 6.07) is 0. The molecule has 0 aliphatic carbocycles. The predicted molar refractivity (Wildman–Crippen MR) is 65.5 cm³/mol. The smallest absolute Gasteiger partial charge is 0.432 e. The molecule has 1 rings (SSSR count). The second-order valence-corrected chi connectivity index (χ2v) is 4.04. The monoisotopic (exact) mass is 257 g/mol. The van der Waals surface area contributed by atoms with Crippen molar-refractivity contribution < 1.29 is 14.7 Å². The van der Waals surface area contributed by atoms with Gasteiger partial charge in [-0.25, -0.2) is 9.59 Å². The summed E-state index contributed by atoms with van der Waals surface area (Å²) in [4.78, 5) is 27.4. The number of carbonyl (C=O) groups excluding carboxylic acids is 1. The number of amides is 1. The van der Waals surface area contributed by atoms with E-state index in [1.807, 2.05) is 0 Å². The Morgan fingerprint density at radius 3 is 2.72 bits per heavy atom. The summed E-state index contributed by atoms with van der Waals surface area (Å²) >= 11 is 0. The number of carbonyl (C=O) groups is 1. The van der Waals surface area contributed by atoms with E-state index in [4.69, 9.17) is 0 Å². The Balaban J connectivity index is 2.38. The lowest BCUT2D eigenvalue weighted by atomic mass is 10.2. The predicted octanol–water partition coefficient (Wildman–Crippen LogP) is 0.611. The summed E-state index contributed by atoms with van der Waals surface area (Å²) in [5, 5.41) is 11.9. The lowest BCUT2D eigenvalue weighted by Gasteiger charge is -2.05. The van der Waals surface area contributed by atoms with Gasteiger partial charge in [0.15, 0.2) is 0 Å². The molecule has 7 nitrogen and oxygen atoms in total. The van der Waals surface area contributed by atoms with Crippen LogP contribution in [0.25, 0.3) is 0 Å². The standard InChI is InChI=1S/C11H19N3O4/c1-3-4-5-6-7-12-10(16)18-14-9(15)8-13(2)11(14)17/h8,15H,3-7H2,1-2H3,(H,12,16). The fourth-order valence-corrected chi connectivity index (χ4v) is 1.47. The number of nitrogens with one attached hydrogen (secondary N) is 1. The van der Waals surface area contributed by atoms with Gasteiger partial charge in [-0.15, -0.1) is 0 Å². The first-order chi connectivity index (χ1) is 8.56. The van der Waals surface area contributed by atoms with Crippen molar-refractivity contribution in [3.63, 3.8) is 0 Å². The minimum absolute atomic E-state index is 0.413. The number of rotatable bonds is 6. The molecule has 1 aromatic rings. The van der Waals surface area contributed by atoms with E-state index in [1.54, 1.807) is 0 Å².